The highest BCUT2D eigenvalue weighted by atomic mass is 16.5. The van der Waals surface area contributed by atoms with Crippen LogP contribution in [-0.2, 0) is 4.74 Å². The van der Waals surface area contributed by atoms with E-state index in [-0.39, 0.29) is 0 Å². The minimum atomic E-state index is 0.840. The molecule has 0 fully saturated rings. The van der Waals surface area contributed by atoms with Gasteiger partial charge in [-0.25, -0.2) is 0 Å². The van der Waals surface area contributed by atoms with Gasteiger partial charge in [0.25, 0.3) is 0 Å². The zero-order valence-electron chi connectivity index (χ0n) is 12.2. The maximum atomic E-state index is 5.33. The summed E-state index contributed by atoms with van der Waals surface area (Å²) in [6.07, 6.45) is 7.05. The zero-order chi connectivity index (χ0) is 14.9. The highest BCUT2D eigenvalue weighted by Gasteiger charge is 1.90. The lowest BCUT2D eigenvalue weighted by Crippen LogP contribution is -1.81. The molecule has 108 valence electrons. The largest absolute Gasteiger partial charge is 0.497 e. The van der Waals surface area contributed by atoms with Crippen LogP contribution in [0.25, 0.3) is 12.2 Å². The van der Waals surface area contributed by atoms with E-state index >= 15 is 0 Å². The molecular weight excluding hydrogens is 264 g/mol. The summed E-state index contributed by atoms with van der Waals surface area (Å²) in [4.78, 5) is 0. The Balaban J connectivity index is 1.84. The first-order chi connectivity index (χ1) is 10.3. The Hall–Kier alpha value is -2.68. The van der Waals surface area contributed by atoms with Gasteiger partial charge in [-0.2, -0.15) is 0 Å². The molecule has 0 bridgehead atoms. The van der Waals surface area contributed by atoms with E-state index in [4.69, 9.17) is 14.2 Å². The number of methoxy groups -OCH3 is 2. The molecule has 0 heterocycles. The van der Waals surface area contributed by atoms with Gasteiger partial charge in [0.2, 0.25) is 0 Å². The number of hydrogen-bond donors (Lipinski definition) is 0. The van der Waals surface area contributed by atoms with Crippen LogP contribution in [0.4, 0.5) is 0 Å². The van der Waals surface area contributed by atoms with Crippen molar-refractivity contribution < 1.29 is 14.2 Å². The van der Waals surface area contributed by atoms with Crippen molar-refractivity contribution in [2.45, 2.75) is 0 Å². The van der Waals surface area contributed by atoms with Crippen molar-refractivity contribution in [3.05, 3.63) is 72.2 Å². The molecule has 0 saturated carbocycles. The smallest absolute Gasteiger partial charge is 0.118 e. The molecule has 0 N–H and O–H groups in total. The quantitative estimate of drug-likeness (QED) is 0.737. The molecule has 0 aliphatic carbocycles. The van der Waals surface area contributed by atoms with Gasteiger partial charge in [-0.1, -0.05) is 24.3 Å². The first-order valence-electron chi connectivity index (χ1n) is 6.58. The number of hydrogen-bond acceptors (Lipinski definition) is 3. The van der Waals surface area contributed by atoms with E-state index in [9.17, 15) is 0 Å². The summed E-state index contributed by atoms with van der Waals surface area (Å²) in [5, 5.41) is 0. The first-order valence-corrected chi connectivity index (χ1v) is 6.58. The third kappa shape index (κ3) is 4.73. The van der Waals surface area contributed by atoms with Crippen LogP contribution in [0.15, 0.2) is 61.1 Å². The first kappa shape index (κ1) is 14.7. The van der Waals surface area contributed by atoms with Crippen molar-refractivity contribution in [3.63, 3.8) is 0 Å². The lowest BCUT2D eigenvalue weighted by atomic mass is 10.2. The monoisotopic (exact) mass is 282 g/mol. The molecule has 0 radical (unpaired) electrons. The summed E-state index contributed by atoms with van der Waals surface area (Å²) < 4.78 is 15.5. The van der Waals surface area contributed by atoms with Crippen LogP contribution in [0.2, 0.25) is 0 Å². The molecule has 0 aliphatic rings. The Bertz CT molecular complexity index is 540. The van der Waals surface area contributed by atoms with Crippen LogP contribution in [0, 0.1) is 0 Å². The second-order valence-electron chi connectivity index (χ2n) is 4.29. The Morgan fingerprint density at radius 2 is 1.00 bits per heavy atom. The average molecular weight is 282 g/mol. The molecule has 0 atom stereocenters. The molecular formula is C18H18O3. The SMILES string of the molecule is COc1ccc(/C=C\O/C=C/c2ccc(OC)cc2)cc1. The number of ether oxygens (including phenoxy) is 3. The molecule has 2 rings (SSSR count). The van der Waals surface area contributed by atoms with E-state index in [0.717, 1.165) is 22.6 Å². The lowest BCUT2D eigenvalue weighted by Gasteiger charge is -1.99. The summed E-state index contributed by atoms with van der Waals surface area (Å²) in [6.45, 7) is 0. The fourth-order valence-corrected chi connectivity index (χ4v) is 1.71. The second kappa shape index (κ2) is 7.80. The van der Waals surface area contributed by atoms with Gasteiger partial charge in [0.15, 0.2) is 0 Å². The number of benzene rings is 2. The number of rotatable bonds is 6. The summed E-state index contributed by atoms with van der Waals surface area (Å²) in [6, 6.07) is 15.5. The van der Waals surface area contributed by atoms with Gasteiger partial charge in [0.1, 0.15) is 11.5 Å². The highest BCUT2D eigenvalue weighted by molar-refractivity contribution is 5.51. The van der Waals surface area contributed by atoms with Crippen LogP contribution >= 0.6 is 0 Å². The minimum Gasteiger partial charge on any atom is -0.497 e. The third-order valence-electron chi connectivity index (χ3n) is 2.91. The average Bonchev–Trinajstić information content (AvgIpc) is 2.55. The molecule has 3 nitrogen and oxygen atoms in total. The molecule has 0 spiro atoms. The molecule has 2 aromatic rings. The van der Waals surface area contributed by atoms with E-state index in [2.05, 4.69) is 0 Å². The van der Waals surface area contributed by atoms with Crippen LogP contribution < -0.4 is 9.47 Å². The van der Waals surface area contributed by atoms with Gasteiger partial charge in [-0.05, 0) is 47.5 Å². The van der Waals surface area contributed by atoms with E-state index in [0.29, 0.717) is 0 Å². The molecule has 21 heavy (non-hydrogen) atoms. The van der Waals surface area contributed by atoms with Crippen molar-refractivity contribution in [1.82, 2.24) is 0 Å². The van der Waals surface area contributed by atoms with Gasteiger partial charge < -0.3 is 14.2 Å². The predicted octanol–water partition coefficient (Wildman–Crippen LogP) is 4.36. The van der Waals surface area contributed by atoms with E-state index < -0.39 is 0 Å². The van der Waals surface area contributed by atoms with Crippen molar-refractivity contribution in [1.29, 1.82) is 0 Å². The normalized spacial score (nSPS) is 11.0. The molecule has 0 aromatic heterocycles. The highest BCUT2D eigenvalue weighted by Crippen LogP contribution is 2.13. The van der Waals surface area contributed by atoms with Crippen LogP contribution in [0.5, 0.6) is 11.5 Å². The van der Waals surface area contributed by atoms with Gasteiger partial charge in [-0.3, -0.25) is 0 Å². The Morgan fingerprint density at radius 3 is 1.33 bits per heavy atom. The predicted molar refractivity (Wildman–Crippen MR) is 85.1 cm³/mol. The van der Waals surface area contributed by atoms with E-state index in [1.54, 1.807) is 26.7 Å². The Morgan fingerprint density at radius 1 is 0.619 bits per heavy atom. The van der Waals surface area contributed by atoms with Gasteiger partial charge in [0.05, 0.1) is 26.7 Å². The summed E-state index contributed by atoms with van der Waals surface area (Å²) >= 11 is 0. The van der Waals surface area contributed by atoms with Crippen LogP contribution in [-0.4, -0.2) is 14.2 Å². The van der Waals surface area contributed by atoms with Gasteiger partial charge >= 0.3 is 0 Å². The maximum Gasteiger partial charge on any atom is 0.118 e. The van der Waals surface area contributed by atoms with Crippen molar-refractivity contribution >= 4 is 12.2 Å². The maximum absolute atomic E-state index is 5.33. The van der Waals surface area contributed by atoms with Crippen molar-refractivity contribution in [3.8, 4) is 11.5 Å². The van der Waals surface area contributed by atoms with E-state index in [1.807, 2.05) is 60.7 Å². The Kier molecular flexibility index (Phi) is 5.47. The van der Waals surface area contributed by atoms with Gasteiger partial charge in [-0.15, -0.1) is 0 Å². The topological polar surface area (TPSA) is 27.7 Å². The second-order valence-corrected chi connectivity index (χ2v) is 4.29. The van der Waals surface area contributed by atoms with Crippen molar-refractivity contribution in [2.75, 3.05) is 14.2 Å². The summed E-state index contributed by atoms with van der Waals surface area (Å²) in [7, 11) is 3.30. The molecule has 3 heteroatoms. The summed E-state index contributed by atoms with van der Waals surface area (Å²) in [5.74, 6) is 1.68. The molecule has 0 amide bonds. The van der Waals surface area contributed by atoms with Crippen LogP contribution in [0.3, 0.4) is 0 Å². The fraction of sp³-hybridized carbons (Fsp3) is 0.111. The molecule has 0 saturated heterocycles. The lowest BCUT2D eigenvalue weighted by molar-refractivity contribution is 0.409. The fourth-order valence-electron chi connectivity index (χ4n) is 1.71. The van der Waals surface area contributed by atoms with Crippen molar-refractivity contribution in [2.24, 2.45) is 0 Å². The Labute approximate surface area is 125 Å². The zero-order valence-corrected chi connectivity index (χ0v) is 12.2. The minimum absolute atomic E-state index is 0.840. The molecule has 2 aromatic carbocycles. The van der Waals surface area contributed by atoms with Crippen LogP contribution in [0.1, 0.15) is 11.1 Å². The standard InChI is InChI=1S/C18H18O3/c1-19-17-7-3-15(4-8-17)11-13-21-14-12-16-5-9-18(20-2)10-6-16/h3-14H,1-2H3/b13-11-,14-12+. The molecule has 0 unspecified atom stereocenters. The summed E-state index contributed by atoms with van der Waals surface area (Å²) in [5.41, 5.74) is 2.10. The molecule has 0 aliphatic heterocycles. The van der Waals surface area contributed by atoms with E-state index in [1.165, 1.54) is 0 Å². The third-order valence-corrected chi connectivity index (χ3v) is 2.91. The van der Waals surface area contributed by atoms with Gasteiger partial charge in [0, 0.05) is 0 Å².